The number of halogens is 2. The normalized spacial score (nSPS) is 19.9. The molecule has 98 valence electrons. The largest absolute Gasteiger partial charge is 0.394 e. The molecule has 3 nitrogen and oxygen atoms in total. The van der Waals surface area contributed by atoms with E-state index in [0.29, 0.717) is 18.3 Å². The predicted octanol–water partition coefficient (Wildman–Crippen LogP) is 2.12. The van der Waals surface area contributed by atoms with Gasteiger partial charge in [0.15, 0.2) is 0 Å². The van der Waals surface area contributed by atoms with E-state index >= 15 is 0 Å². The standard InChI is InChI=1S/C12H14F2N2OS/c1-7-6-16(2-3-18-7)12(17)8-4-9(13)11(15)10(14)5-8/h4-5,7H,2-3,6,15H2,1H3. The summed E-state index contributed by atoms with van der Waals surface area (Å²) in [6.07, 6.45) is 0. The molecule has 1 heterocycles. The van der Waals surface area contributed by atoms with Gasteiger partial charge < -0.3 is 10.6 Å². The van der Waals surface area contributed by atoms with Gasteiger partial charge in [0.05, 0.1) is 0 Å². The van der Waals surface area contributed by atoms with Crippen molar-refractivity contribution >= 4 is 23.4 Å². The Labute approximate surface area is 108 Å². The van der Waals surface area contributed by atoms with Crippen LogP contribution in [0.15, 0.2) is 12.1 Å². The van der Waals surface area contributed by atoms with Crippen LogP contribution in [0, 0.1) is 11.6 Å². The molecule has 0 radical (unpaired) electrons. The number of benzene rings is 1. The Balaban J connectivity index is 2.23. The number of amides is 1. The maximum Gasteiger partial charge on any atom is 0.254 e. The molecular weight excluding hydrogens is 258 g/mol. The molecule has 1 aromatic carbocycles. The number of nitrogens with two attached hydrogens (primary N) is 1. The number of carbonyl (C=O) groups is 1. The van der Waals surface area contributed by atoms with Crippen LogP contribution in [0.4, 0.5) is 14.5 Å². The first-order chi connectivity index (χ1) is 8.49. The molecule has 1 aliphatic rings. The van der Waals surface area contributed by atoms with Crippen LogP contribution in [0.25, 0.3) is 0 Å². The van der Waals surface area contributed by atoms with Gasteiger partial charge in [0, 0.05) is 29.7 Å². The maximum atomic E-state index is 13.3. The molecule has 1 unspecified atom stereocenters. The van der Waals surface area contributed by atoms with Crippen molar-refractivity contribution in [1.29, 1.82) is 0 Å². The van der Waals surface area contributed by atoms with Crippen molar-refractivity contribution in [3.8, 4) is 0 Å². The van der Waals surface area contributed by atoms with Crippen LogP contribution in [-0.2, 0) is 0 Å². The minimum atomic E-state index is -0.891. The van der Waals surface area contributed by atoms with Gasteiger partial charge >= 0.3 is 0 Å². The third kappa shape index (κ3) is 2.58. The molecule has 1 atom stereocenters. The first-order valence-electron chi connectivity index (χ1n) is 5.64. The van der Waals surface area contributed by atoms with Gasteiger partial charge in [0.1, 0.15) is 17.3 Å². The van der Waals surface area contributed by atoms with Crippen LogP contribution in [0.5, 0.6) is 0 Å². The van der Waals surface area contributed by atoms with E-state index in [1.165, 1.54) is 0 Å². The molecule has 1 amide bonds. The molecule has 1 saturated heterocycles. The first kappa shape index (κ1) is 13.1. The molecule has 0 bridgehead atoms. The number of nitrogens with zero attached hydrogens (tertiary/aromatic N) is 1. The summed E-state index contributed by atoms with van der Waals surface area (Å²) < 4.78 is 26.6. The van der Waals surface area contributed by atoms with Gasteiger partial charge in [-0.2, -0.15) is 11.8 Å². The average molecular weight is 272 g/mol. The zero-order valence-electron chi connectivity index (χ0n) is 9.95. The molecule has 2 N–H and O–H groups in total. The molecule has 6 heteroatoms. The zero-order chi connectivity index (χ0) is 13.3. The molecule has 1 fully saturated rings. The molecule has 0 aliphatic carbocycles. The highest BCUT2D eigenvalue weighted by Crippen LogP contribution is 2.22. The van der Waals surface area contributed by atoms with E-state index in [2.05, 4.69) is 0 Å². The summed E-state index contributed by atoms with van der Waals surface area (Å²) in [5, 5.41) is 0.339. The highest BCUT2D eigenvalue weighted by molar-refractivity contribution is 7.99. The fraction of sp³-hybridized carbons (Fsp3) is 0.417. The number of hydrogen-bond donors (Lipinski definition) is 1. The van der Waals surface area contributed by atoms with E-state index in [9.17, 15) is 13.6 Å². The Morgan fingerprint density at radius 2 is 2.06 bits per heavy atom. The van der Waals surface area contributed by atoms with E-state index in [-0.39, 0.29) is 11.5 Å². The van der Waals surface area contributed by atoms with Gasteiger partial charge in [-0.05, 0) is 12.1 Å². The van der Waals surface area contributed by atoms with Gasteiger partial charge in [0.2, 0.25) is 0 Å². The van der Waals surface area contributed by atoms with Crippen molar-refractivity contribution in [2.24, 2.45) is 0 Å². The number of nitrogen functional groups attached to an aromatic ring is 1. The van der Waals surface area contributed by atoms with Gasteiger partial charge in [-0.25, -0.2) is 8.78 Å². The van der Waals surface area contributed by atoms with E-state index in [1.807, 2.05) is 6.92 Å². The lowest BCUT2D eigenvalue weighted by Crippen LogP contribution is -2.41. The second-order valence-corrected chi connectivity index (χ2v) is 5.83. The number of thioether (sulfide) groups is 1. The van der Waals surface area contributed by atoms with Gasteiger partial charge in [-0.15, -0.1) is 0 Å². The van der Waals surface area contributed by atoms with Gasteiger partial charge in [-0.1, -0.05) is 6.92 Å². The van der Waals surface area contributed by atoms with Crippen LogP contribution in [0.1, 0.15) is 17.3 Å². The Bertz CT molecular complexity index is 458. The van der Waals surface area contributed by atoms with Gasteiger partial charge in [0.25, 0.3) is 5.91 Å². The summed E-state index contributed by atoms with van der Waals surface area (Å²) in [7, 11) is 0. The monoisotopic (exact) mass is 272 g/mol. The second kappa shape index (κ2) is 5.14. The van der Waals surface area contributed by atoms with E-state index in [4.69, 9.17) is 5.73 Å². The van der Waals surface area contributed by atoms with E-state index < -0.39 is 17.3 Å². The lowest BCUT2D eigenvalue weighted by atomic mass is 10.1. The Morgan fingerprint density at radius 3 is 2.61 bits per heavy atom. The zero-order valence-corrected chi connectivity index (χ0v) is 10.8. The van der Waals surface area contributed by atoms with Crippen LogP contribution in [-0.4, -0.2) is 34.9 Å². The van der Waals surface area contributed by atoms with Crippen molar-refractivity contribution in [3.63, 3.8) is 0 Å². The fourth-order valence-corrected chi connectivity index (χ4v) is 2.91. The van der Waals surface area contributed by atoms with E-state index in [1.54, 1.807) is 16.7 Å². The minimum absolute atomic E-state index is 0.0123. The highest BCUT2D eigenvalue weighted by atomic mass is 32.2. The van der Waals surface area contributed by atoms with Crippen molar-refractivity contribution in [1.82, 2.24) is 4.90 Å². The predicted molar refractivity (Wildman–Crippen MR) is 68.6 cm³/mol. The van der Waals surface area contributed by atoms with Crippen LogP contribution < -0.4 is 5.73 Å². The third-order valence-electron chi connectivity index (χ3n) is 2.85. The van der Waals surface area contributed by atoms with Crippen molar-refractivity contribution in [2.45, 2.75) is 12.2 Å². The average Bonchev–Trinajstić information content (AvgIpc) is 2.34. The molecule has 2 rings (SSSR count). The lowest BCUT2D eigenvalue weighted by Gasteiger charge is -2.30. The Hall–Kier alpha value is -1.30. The highest BCUT2D eigenvalue weighted by Gasteiger charge is 2.23. The quantitative estimate of drug-likeness (QED) is 0.797. The summed E-state index contributed by atoms with van der Waals surface area (Å²) in [5.41, 5.74) is 4.64. The van der Waals surface area contributed by atoms with Gasteiger partial charge in [-0.3, -0.25) is 4.79 Å². The minimum Gasteiger partial charge on any atom is -0.394 e. The maximum absolute atomic E-state index is 13.3. The van der Waals surface area contributed by atoms with Crippen molar-refractivity contribution in [3.05, 3.63) is 29.3 Å². The molecule has 1 aliphatic heterocycles. The lowest BCUT2D eigenvalue weighted by molar-refractivity contribution is 0.0762. The molecule has 0 saturated carbocycles. The number of hydrogen-bond acceptors (Lipinski definition) is 3. The molecule has 0 spiro atoms. The molecule has 0 aromatic heterocycles. The summed E-state index contributed by atoms with van der Waals surface area (Å²) in [5.74, 6) is -1.29. The molecule has 18 heavy (non-hydrogen) atoms. The summed E-state index contributed by atoms with van der Waals surface area (Å²) >= 11 is 1.78. The first-order valence-corrected chi connectivity index (χ1v) is 6.69. The third-order valence-corrected chi connectivity index (χ3v) is 3.99. The summed E-state index contributed by atoms with van der Waals surface area (Å²) in [6, 6.07) is 1.99. The van der Waals surface area contributed by atoms with Crippen molar-refractivity contribution in [2.75, 3.05) is 24.6 Å². The molecule has 1 aromatic rings. The smallest absolute Gasteiger partial charge is 0.254 e. The summed E-state index contributed by atoms with van der Waals surface area (Å²) in [4.78, 5) is 13.7. The number of anilines is 1. The number of carbonyl (C=O) groups excluding carboxylic acids is 1. The van der Waals surface area contributed by atoms with Crippen LogP contribution in [0.2, 0.25) is 0 Å². The van der Waals surface area contributed by atoms with Crippen LogP contribution in [0.3, 0.4) is 0 Å². The van der Waals surface area contributed by atoms with Crippen LogP contribution >= 0.6 is 11.8 Å². The SMILES string of the molecule is CC1CN(C(=O)c2cc(F)c(N)c(F)c2)CCS1. The number of rotatable bonds is 1. The topological polar surface area (TPSA) is 46.3 Å². The summed E-state index contributed by atoms with van der Waals surface area (Å²) in [6.45, 7) is 3.22. The Kier molecular flexibility index (Phi) is 3.75. The van der Waals surface area contributed by atoms with Crippen molar-refractivity contribution < 1.29 is 13.6 Å². The second-order valence-electron chi connectivity index (χ2n) is 4.29. The molecular formula is C12H14F2N2OS. The Morgan fingerprint density at radius 1 is 1.44 bits per heavy atom. The fourth-order valence-electron chi connectivity index (χ4n) is 1.89. The van der Waals surface area contributed by atoms with E-state index in [0.717, 1.165) is 17.9 Å².